The molecular weight excluding hydrogens is 592 g/mol. The van der Waals surface area contributed by atoms with Gasteiger partial charge >= 0.3 is 5.97 Å². The molecule has 5 amide bonds. The van der Waals surface area contributed by atoms with Crippen LogP contribution in [0, 0.1) is 0 Å². The van der Waals surface area contributed by atoms with Crippen LogP contribution in [0.1, 0.15) is 90.1 Å². The number of nitrogens with one attached hydrogen (secondary N) is 5. The summed E-state index contributed by atoms with van der Waals surface area (Å²) in [5, 5.41) is 12.8. The molecule has 46 heavy (non-hydrogen) atoms. The van der Waals surface area contributed by atoms with Crippen LogP contribution in [0.5, 0.6) is 0 Å². The maximum atomic E-state index is 12.9. The summed E-state index contributed by atoms with van der Waals surface area (Å²) in [4.78, 5) is 77.4. The Bertz CT molecular complexity index is 1160. The second-order valence-corrected chi connectivity index (χ2v) is 12.1. The van der Waals surface area contributed by atoms with E-state index in [1.165, 1.54) is 14.0 Å². The molecule has 0 aromatic heterocycles. The molecule has 3 atom stereocenters. The Balaban J connectivity index is 2.68. The molecule has 0 bridgehead atoms. The summed E-state index contributed by atoms with van der Waals surface area (Å²) in [6, 6.07) is 4.38. The fourth-order valence-corrected chi connectivity index (χ4v) is 4.51. The number of ether oxygens (including phenoxy) is 1. The van der Waals surface area contributed by atoms with Crippen molar-refractivity contribution in [3.63, 3.8) is 0 Å². The Labute approximate surface area is 273 Å². The quantitative estimate of drug-likeness (QED) is 0.111. The van der Waals surface area contributed by atoms with Crippen molar-refractivity contribution in [3.8, 4) is 0 Å². The van der Waals surface area contributed by atoms with E-state index in [0.29, 0.717) is 24.8 Å². The van der Waals surface area contributed by atoms with Gasteiger partial charge in [0.2, 0.25) is 23.6 Å². The largest absolute Gasteiger partial charge is 0.468 e. The fourth-order valence-electron chi connectivity index (χ4n) is 4.51. The number of methoxy groups -OCH3 is 1. The predicted molar refractivity (Wildman–Crippen MR) is 176 cm³/mol. The van der Waals surface area contributed by atoms with Crippen LogP contribution in [0.3, 0.4) is 0 Å². The van der Waals surface area contributed by atoms with E-state index in [1.807, 2.05) is 12.1 Å². The third-order valence-corrected chi connectivity index (χ3v) is 7.62. The Morgan fingerprint density at radius 3 is 1.93 bits per heavy atom. The van der Waals surface area contributed by atoms with Crippen molar-refractivity contribution < 1.29 is 33.5 Å². The Morgan fingerprint density at radius 1 is 0.783 bits per heavy atom. The molecule has 0 aliphatic rings. The molecular formula is C33H54N6O7. The van der Waals surface area contributed by atoms with Crippen molar-refractivity contribution in [3.05, 3.63) is 35.4 Å². The maximum Gasteiger partial charge on any atom is 0.325 e. The molecule has 258 valence electrons. The topological polar surface area (TPSA) is 175 Å². The summed E-state index contributed by atoms with van der Waals surface area (Å²) in [7, 11) is 1.21. The molecule has 1 aromatic rings. The summed E-state index contributed by atoms with van der Waals surface area (Å²) < 4.78 is 4.56. The number of hydrogen-bond donors (Lipinski definition) is 5. The van der Waals surface area contributed by atoms with E-state index in [-0.39, 0.29) is 12.0 Å². The minimum Gasteiger partial charge on any atom is -0.468 e. The lowest BCUT2D eigenvalue weighted by atomic mass is 9.86. The molecule has 0 saturated carbocycles. The molecule has 13 heteroatoms. The van der Waals surface area contributed by atoms with E-state index in [4.69, 9.17) is 0 Å². The van der Waals surface area contributed by atoms with Crippen molar-refractivity contribution in [2.75, 3.05) is 39.8 Å². The average molecular weight is 647 g/mol. The van der Waals surface area contributed by atoms with Crippen molar-refractivity contribution >= 4 is 35.5 Å². The van der Waals surface area contributed by atoms with Gasteiger partial charge in [0, 0.05) is 5.56 Å². The van der Waals surface area contributed by atoms with Gasteiger partial charge in [-0.1, -0.05) is 53.7 Å². The third kappa shape index (κ3) is 14.4. The van der Waals surface area contributed by atoms with E-state index < -0.39 is 60.2 Å². The van der Waals surface area contributed by atoms with Gasteiger partial charge in [0.1, 0.15) is 24.7 Å². The zero-order chi connectivity index (χ0) is 34.9. The first kappa shape index (κ1) is 40.0. The number of hydrogen-bond acceptors (Lipinski definition) is 8. The van der Waals surface area contributed by atoms with Crippen LogP contribution in [0.2, 0.25) is 0 Å². The molecule has 0 spiro atoms. The SMILES string of the molecule is CCC(NC(=O)c1ccc(C(C)(C)C)cc1)C(=O)N[C@@H](C)C(=O)NCC(=O)N[C@@H](CCCCN(CC)CC)C(=O)NCC(=O)OC. The Hall–Kier alpha value is -4.00. The Morgan fingerprint density at radius 2 is 1.39 bits per heavy atom. The Kier molecular flexibility index (Phi) is 17.6. The lowest BCUT2D eigenvalue weighted by molar-refractivity contribution is -0.141. The van der Waals surface area contributed by atoms with Gasteiger partial charge in [0.15, 0.2) is 0 Å². The number of benzene rings is 1. The fraction of sp³-hybridized carbons (Fsp3) is 0.636. The van der Waals surface area contributed by atoms with Gasteiger partial charge in [0.05, 0.1) is 13.7 Å². The highest BCUT2D eigenvalue weighted by Crippen LogP contribution is 2.22. The molecule has 5 N–H and O–H groups in total. The third-order valence-electron chi connectivity index (χ3n) is 7.62. The number of unbranched alkanes of at least 4 members (excludes halogenated alkanes) is 1. The summed E-state index contributed by atoms with van der Waals surface area (Å²) in [6.45, 7) is 15.5. The molecule has 1 unspecified atom stereocenters. The number of nitrogens with zero attached hydrogens (tertiary/aromatic N) is 1. The second-order valence-electron chi connectivity index (χ2n) is 12.1. The van der Waals surface area contributed by atoms with Crippen LogP contribution in [0.25, 0.3) is 0 Å². The molecule has 0 fully saturated rings. The highest BCUT2D eigenvalue weighted by molar-refractivity contribution is 5.98. The standard InChI is InChI=1S/C33H54N6O7/c1-9-25(38-30(43)23-15-17-24(18-16-23)33(5,6)7)32(45)36-22(4)29(42)34-20-27(40)37-26(31(44)35-21-28(41)46-8)14-12-13-19-39(10-2)11-3/h15-18,22,25-26H,9-14,19-21H2,1-8H3,(H,34,42)(H,35,44)(H,36,45)(H,37,40)(H,38,43)/t22-,25?,26-/m0/s1. The van der Waals surface area contributed by atoms with Crippen molar-refractivity contribution in [2.45, 2.75) is 97.7 Å². The maximum absolute atomic E-state index is 12.9. The zero-order valence-electron chi connectivity index (χ0n) is 28.7. The van der Waals surface area contributed by atoms with Gasteiger partial charge < -0.3 is 36.2 Å². The van der Waals surface area contributed by atoms with Gasteiger partial charge in [-0.05, 0) is 75.4 Å². The zero-order valence-corrected chi connectivity index (χ0v) is 28.7. The summed E-state index contributed by atoms with van der Waals surface area (Å²) >= 11 is 0. The van der Waals surface area contributed by atoms with Crippen LogP contribution in [0.4, 0.5) is 0 Å². The minimum absolute atomic E-state index is 0.0641. The second kappa shape index (κ2) is 20.2. The van der Waals surface area contributed by atoms with Crippen LogP contribution in [-0.4, -0.2) is 98.4 Å². The van der Waals surface area contributed by atoms with E-state index >= 15 is 0 Å². The minimum atomic E-state index is -1.00. The number of amides is 5. The number of esters is 1. The monoisotopic (exact) mass is 646 g/mol. The normalized spacial score (nSPS) is 13.2. The van der Waals surface area contributed by atoms with Gasteiger partial charge in [-0.3, -0.25) is 28.8 Å². The molecule has 0 aliphatic carbocycles. The average Bonchev–Trinajstić information content (AvgIpc) is 3.03. The van der Waals surface area contributed by atoms with E-state index in [2.05, 4.69) is 70.8 Å². The molecule has 0 aliphatic heterocycles. The van der Waals surface area contributed by atoms with Crippen LogP contribution in [-0.2, 0) is 34.1 Å². The van der Waals surface area contributed by atoms with Crippen molar-refractivity contribution in [2.24, 2.45) is 0 Å². The molecule has 13 nitrogen and oxygen atoms in total. The van der Waals surface area contributed by atoms with E-state index in [1.54, 1.807) is 19.1 Å². The predicted octanol–water partition coefficient (Wildman–Crippen LogP) is 1.40. The van der Waals surface area contributed by atoms with E-state index in [0.717, 1.165) is 31.6 Å². The number of carbonyl (C=O) groups excluding carboxylic acids is 6. The van der Waals surface area contributed by atoms with Crippen molar-refractivity contribution in [1.29, 1.82) is 0 Å². The first-order valence-corrected chi connectivity index (χ1v) is 16.0. The highest BCUT2D eigenvalue weighted by atomic mass is 16.5. The van der Waals surface area contributed by atoms with Crippen molar-refractivity contribution in [1.82, 2.24) is 31.5 Å². The highest BCUT2D eigenvalue weighted by Gasteiger charge is 2.25. The lowest BCUT2D eigenvalue weighted by Crippen LogP contribution is -2.54. The van der Waals surface area contributed by atoms with Crippen LogP contribution >= 0.6 is 0 Å². The van der Waals surface area contributed by atoms with Crippen LogP contribution < -0.4 is 26.6 Å². The molecule has 0 radical (unpaired) electrons. The first-order chi connectivity index (χ1) is 21.7. The number of rotatable bonds is 19. The molecule has 1 aromatic carbocycles. The summed E-state index contributed by atoms with van der Waals surface area (Å²) in [6.07, 6.45) is 2.10. The van der Waals surface area contributed by atoms with Gasteiger partial charge in [-0.25, -0.2) is 0 Å². The first-order valence-electron chi connectivity index (χ1n) is 16.0. The molecule has 0 saturated heterocycles. The summed E-state index contributed by atoms with van der Waals surface area (Å²) in [5.41, 5.74) is 1.42. The van der Waals surface area contributed by atoms with Gasteiger partial charge in [-0.2, -0.15) is 0 Å². The van der Waals surface area contributed by atoms with Gasteiger partial charge in [-0.15, -0.1) is 0 Å². The number of carbonyl (C=O) groups is 6. The molecule has 1 rings (SSSR count). The summed E-state index contributed by atoms with van der Waals surface area (Å²) in [5.74, 6) is -3.33. The van der Waals surface area contributed by atoms with E-state index in [9.17, 15) is 28.8 Å². The van der Waals surface area contributed by atoms with Gasteiger partial charge in [0.25, 0.3) is 5.91 Å². The molecule has 0 heterocycles. The smallest absolute Gasteiger partial charge is 0.325 e. The van der Waals surface area contributed by atoms with Crippen LogP contribution in [0.15, 0.2) is 24.3 Å². The lowest BCUT2D eigenvalue weighted by Gasteiger charge is -2.22.